The summed E-state index contributed by atoms with van der Waals surface area (Å²) >= 11 is 1.54. The lowest BCUT2D eigenvalue weighted by Crippen LogP contribution is -2.24. The first-order valence-corrected chi connectivity index (χ1v) is 14.4. The van der Waals surface area contributed by atoms with Gasteiger partial charge in [-0.25, -0.2) is 4.98 Å². The van der Waals surface area contributed by atoms with Crippen molar-refractivity contribution in [2.45, 2.75) is 52.5 Å². The van der Waals surface area contributed by atoms with E-state index < -0.39 is 0 Å². The maximum absolute atomic E-state index is 12.3. The largest absolute Gasteiger partial charge is 0.457 e. The highest BCUT2D eigenvalue weighted by Crippen LogP contribution is 2.35. The molecule has 6 rings (SSSR count). The van der Waals surface area contributed by atoms with Crippen LogP contribution in [-0.4, -0.2) is 56.9 Å². The zero-order valence-corrected chi connectivity index (χ0v) is 24.0. The van der Waals surface area contributed by atoms with Crippen molar-refractivity contribution in [2.75, 3.05) is 20.1 Å². The Hall–Kier alpha value is -4.05. The van der Waals surface area contributed by atoms with Crippen LogP contribution in [0.15, 0.2) is 53.1 Å². The number of aromatic nitrogens is 3. The van der Waals surface area contributed by atoms with Crippen molar-refractivity contribution < 1.29 is 18.7 Å². The van der Waals surface area contributed by atoms with E-state index in [9.17, 15) is 9.59 Å². The van der Waals surface area contributed by atoms with Gasteiger partial charge in [0.15, 0.2) is 0 Å². The lowest BCUT2D eigenvalue weighted by Gasteiger charge is -2.19. The molecule has 0 spiro atoms. The van der Waals surface area contributed by atoms with Gasteiger partial charge in [-0.15, -0.1) is 10.2 Å². The lowest BCUT2D eigenvalue weighted by atomic mass is 10.1. The number of hydrogen-bond acceptors (Lipinski definition) is 8. The molecule has 40 heavy (non-hydrogen) atoms. The molecule has 2 aliphatic heterocycles. The Morgan fingerprint density at radius 2 is 1.82 bits per heavy atom. The van der Waals surface area contributed by atoms with Gasteiger partial charge in [-0.2, -0.15) is 0 Å². The summed E-state index contributed by atoms with van der Waals surface area (Å²) in [5.41, 5.74) is 3.42. The number of benzene rings is 2. The Bertz CT molecular complexity index is 1500. The average Bonchev–Trinajstić information content (AvgIpc) is 3.77. The number of amides is 2. The van der Waals surface area contributed by atoms with Crippen molar-refractivity contribution in [1.29, 1.82) is 0 Å². The second-order valence-corrected chi connectivity index (χ2v) is 10.9. The number of likely N-dealkylation sites (tertiary alicyclic amines) is 2. The van der Waals surface area contributed by atoms with Crippen LogP contribution in [-0.2, 0) is 16.1 Å². The third-order valence-corrected chi connectivity index (χ3v) is 7.87. The van der Waals surface area contributed by atoms with Gasteiger partial charge in [-0.3, -0.25) is 9.59 Å². The van der Waals surface area contributed by atoms with Gasteiger partial charge >= 0.3 is 0 Å². The second kappa shape index (κ2) is 12.0. The summed E-state index contributed by atoms with van der Waals surface area (Å²) in [6.45, 7) is 7.78. The molecule has 9 nitrogen and oxygen atoms in total. The number of oxazole rings is 1. The third-order valence-electron chi connectivity index (χ3n) is 6.98. The summed E-state index contributed by atoms with van der Waals surface area (Å²) < 4.78 is 12.2. The van der Waals surface area contributed by atoms with Crippen molar-refractivity contribution in [3.05, 3.63) is 65.0 Å². The van der Waals surface area contributed by atoms with Crippen LogP contribution < -0.4 is 4.74 Å². The predicted molar refractivity (Wildman–Crippen MR) is 153 cm³/mol. The van der Waals surface area contributed by atoms with Gasteiger partial charge in [0.05, 0.1) is 5.69 Å². The van der Waals surface area contributed by atoms with Gasteiger partial charge in [0.25, 0.3) is 0 Å². The fourth-order valence-corrected chi connectivity index (χ4v) is 5.56. The molecule has 4 heterocycles. The molecule has 10 heteroatoms. The Labute approximate surface area is 237 Å². The summed E-state index contributed by atoms with van der Waals surface area (Å²) in [6, 6.07) is 13.5. The van der Waals surface area contributed by atoms with E-state index in [0.717, 1.165) is 45.4 Å². The molecule has 4 aromatic rings. The van der Waals surface area contributed by atoms with Gasteiger partial charge in [-0.05, 0) is 49.7 Å². The maximum atomic E-state index is 12.3. The number of likely N-dealkylation sites (N-methyl/N-ethyl adjacent to an activating group) is 1. The van der Waals surface area contributed by atoms with E-state index in [0.29, 0.717) is 43.3 Å². The van der Waals surface area contributed by atoms with E-state index in [2.05, 4.69) is 10.2 Å². The van der Waals surface area contributed by atoms with Crippen molar-refractivity contribution in [3.63, 3.8) is 0 Å². The Balaban J connectivity index is 0.00000158. The Kier molecular flexibility index (Phi) is 8.25. The molecule has 0 radical (unpaired) electrons. The van der Waals surface area contributed by atoms with Gasteiger partial charge in [-0.1, -0.05) is 31.3 Å². The molecule has 0 saturated carbocycles. The Morgan fingerprint density at radius 1 is 1.05 bits per heavy atom. The number of carbonyl (C=O) groups excluding carboxylic acids is 2. The molecule has 2 fully saturated rings. The highest BCUT2D eigenvalue weighted by Gasteiger charge is 2.30. The molecule has 0 bridgehead atoms. The molecule has 0 aliphatic carbocycles. The molecule has 2 saturated heterocycles. The van der Waals surface area contributed by atoms with Crippen molar-refractivity contribution in [3.8, 4) is 33.5 Å². The molecule has 2 amide bonds. The number of hydrogen-bond donors (Lipinski definition) is 0. The molecule has 2 aliphatic rings. The smallest absolute Gasteiger partial charge is 0.226 e. The molecule has 208 valence electrons. The molecule has 1 atom stereocenters. The number of rotatable bonds is 7. The Morgan fingerprint density at radius 3 is 2.48 bits per heavy atom. The first kappa shape index (κ1) is 27.5. The highest BCUT2D eigenvalue weighted by molar-refractivity contribution is 7.14. The van der Waals surface area contributed by atoms with E-state index in [1.165, 1.54) is 0 Å². The quantitative estimate of drug-likeness (QED) is 0.271. The van der Waals surface area contributed by atoms with Crippen LogP contribution in [0.1, 0.15) is 55.3 Å². The molecular weight excluding hydrogens is 526 g/mol. The van der Waals surface area contributed by atoms with Crippen LogP contribution in [0.3, 0.4) is 0 Å². The van der Waals surface area contributed by atoms with E-state index in [1.807, 2.05) is 68.1 Å². The van der Waals surface area contributed by atoms with Crippen molar-refractivity contribution in [2.24, 2.45) is 0 Å². The van der Waals surface area contributed by atoms with Crippen LogP contribution in [0.2, 0.25) is 0 Å². The van der Waals surface area contributed by atoms with E-state index in [4.69, 9.17) is 14.1 Å². The molecule has 2 aromatic heterocycles. The van der Waals surface area contributed by atoms with Crippen LogP contribution in [0.4, 0.5) is 0 Å². The zero-order valence-electron chi connectivity index (χ0n) is 23.2. The molecule has 1 unspecified atom stereocenters. The first-order chi connectivity index (χ1) is 19.4. The summed E-state index contributed by atoms with van der Waals surface area (Å²) in [5, 5.41) is 10.1. The van der Waals surface area contributed by atoms with E-state index >= 15 is 0 Å². The SMILES string of the molecule is CC.Cc1nnc(-c2ccc(Oc3cc(-c4nc(C5CC(=O)N(C)C5)co4)ccc3CN3CCCC3=O)cc2)s1. The second-order valence-electron chi connectivity index (χ2n) is 9.75. The van der Waals surface area contributed by atoms with Crippen LogP contribution >= 0.6 is 11.3 Å². The summed E-state index contributed by atoms with van der Waals surface area (Å²) in [5.74, 6) is 2.07. The van der Waals surface area contributed by atoms with Crippen molar-refractivity contribution >= 4 is 23.2 Å². The minimum Gasteiger partial charge on any atom is -0.457 e. The average molecular weight is 560 g/mol. The van der Waals surface area contributed by atoms with Gasteiger partial charge in [0, 0.05) is 62.1 Å². The fourth-order valence-electron chi connectivity index (χ4n) is 4.86. The highest BCUT2D eigenvalue weighted by atomic mass is 32.1. The predicted octanol–water partition coefficient (Wildman–Crippen LogP) is 6.06. The first-order valence-electron chi connectivity index (χ1n) is 13.6. The summed E-state index contributed by atoms with van der Waals surface area (Å²) in [7, 11) is 1.80. The number of ether oxygens (including phenoxy) is 1. The molecule has 2 aromatic carbocycles. The standard InChI is InChI=1S/C28H27N5O4S.C2H6/c1-17-30-31-28(38-17)18-7-9-22(10-8-18)37-24-12-19(5-6-20(24)15-33-11-3-4-25(33)34)27-29-23(16-36-27)21-13-26(35)32(2)14-21;1-2/h5-10,12,16,21H,3-4,11,13-15H2,1-2H3;1-2H3. The maximum Gasteiger partial charge on any atom is 0.226 e. The fraction of sp³-hybridized carbons (Fsp3) is 0.367. The minimum atomic E-state index is 0.0245. The number of aryl methyl sites for hydroxylation is 1. The van der Waals surface area contributed by atoms with Crippen molar-refractivity contribution in [1.82, 2.24) is 25.0 Å². The topological polar surface area (TPSA) is 102 Å². The minimum absolute atomic E-state index is 0.0245. The van der Waals surface area contributed by atoms with Crippen LogP contribution in [0.5, 0.6) is 11.5 Å². The summed E-state index contributed by atoms with van der Waals surface area (Å²) in [6.07, 6.45) is 3.53. The number of carbonyl (C=O) groups is 2. The third kappa shape index (κ3) is 5.91. The normalized spacial score (nSPS) is 16.9. The van der Waals surface area contributed by atoms with E-state index in [-0.39, 0.29) is 17.7 Å². The summed E-state index contributed by atoms with van der Waals surface area (Å²) in [4.78, 5) is 32.6. The van der Waals surface area contributed by atoms with E-state index in [1.54, 1.807) is 29.5 Å². The number of nitrogens with zero attached hydrogens (tertiary/aromatic N) is 5. The van der Waals surface area contributed by atoms with Crippen LogP contribution in [0.25, 0.3) is 22.0 Å². The van der Waals surface area contributed by atoms with Gasteiger partial charge in [0.2, 0.25) is 17.7 Å². The zero-order chi connectivity index (χ0) is 28.2. The lowest BCUT2D eigenvalue weighted by molar-refractivity contribution is -0.128. The monoisotopic (exact) mass is 559 g/mol. The van der Waals surface area contributed by atoms with Crippen LogP contribution in [0, 0.1) is 6.92 Å². The van der Waals surface area contributed by atoms with Gasteiger partial charge < -0.3 is 19.0 Å². The van der Waals surface area contributed by atoms with Gasteiger partial charge in [0.1, 0.15) is 27.8 Å². The molecule has 0 N–H and O–H groups in total. The molecular formula is C30H33N5O4S.